The van der Waals surface area contributed by atoms with Gasteiger partial charge in [0.05, 0.1) is 24.0 Å². The average Bonchev–Trinajstić information content (AvgIpc) is 2.65. The molecule has 0 radical (unpaired) electrons. The Bertz CT molecular complexity index is 544. The van der Waals surface area contributed by atoms with Crippen molar-refractivity contribution in [3.63, 3.8) is 0 Å². The summed E-state index contributed by atoms with van der Waals surface area (Å²) in [6.07, 6.45) is 1.54. The molecular weight excluding hydrogens is 276 g/mol. The molecule has 0 aromatic carbocycles. The number of amides is 3. The number of carboxylic acid groups (broad SMARTS) is 1. The largest absolute Gasteiger partial charge is 0.481 e. The number of carbonyl (C=O) groups is 3. The number of carboxylic acids is 1. The molecule has 8 nitrogen and oxygen atoms in total. The summed E-state index contributed by atoms with van der Waals surface area (Å²) in [5.41, 5.74) is 0.905. The topological polar surface area (TPSA) is 112 Å². The highest BCUT2D eigenvalue weighted by Gasteiger charge is 2.18. The van der Waals surface area contributed by atoms with Crippen molar-refractivity contribution in [3.05, 3.63) is 24.0 Å². The fourth-order valence-corrected chi connectivity index (χ4v) is 1.93. The van der Waals surface area contributed by atoms with Crippen molar-refractivity contribution in [1.82, 2.24) is 15.2 Å². The highest BCUT2D eigenvalue weighted by atomic mass is 16.4. The predicted molar refractivity (Wildman–Crippen MR) is 73.8 cm³/mol. The lowest BCUT2D eigenvalue weighted by Crippen LogP contribution is -2.37. The molecule has 2 rings (SSSR count). The van der Waals surface area contributed by atoms with Gasteiger partial charge >= 0.3 is 12.0 Å². The van der Waals surface area contributed by atoms with Gasteiger partial charge in [0, 0.05) is 26.1 Å². The highest BCUT2D eigenvalue weighted by Crippen LogP contribution is 2.09. The molecule has 0 aliphatic carbocycles. The number of carbonyl (C=O) groups excluding carboxylic acids is 2. The van der Waals surface area contributed by atoms with E-state index in [2.05, 4.69) is 15.6 Å². The van der Waals surface area contributed by atoms with Crippen molar-refractivity contribution in [2.24, 2.45) is 0 Å². The Morgan fingerprint density at radius 2 is 2.19 bits per heavy atom. The number of rotatable bonds is 3. The van der Waals surface area contributed by atoms with E-state index in [4.69, 9.17) is 5.11 Å². The second kappa shape index (κ2) is 6.69. The van der Waals surface area contributed by atoms with Crippen molar-refractivity contribution in [1.29, 1.82) is 0 Å². The van der Waals surface area contributed by atoms with Crippen LogP contribution in [0.2, 0.25) is 0 Å². The molecule has 0 atom stereocenters. The van der Waals surface area contributed by atoms with Crippen LogP contribution in [0.15, 0.2) is 18.3 Å². The Balaban J connectivity index is 1.92. The Labute approximate surface area is 121 Å². The van der Waals surface area contributed by atoms with E-state index in [1.807, 2.05) is 0 Å². The fraction of sp³-hybridized carbons (Fsp3) is 0.385. The maximum absolute atomic E-state index is 12.0. The number of pyridine rings is 1. The normalized spacial score (nSPS) is 15.0. The third-order valence-corrected chi connectivity index (χ3v) is 3.01. The monoisotopic (exact) mass is 292 g/mol. The number of nitrogens with zero attached hydrogens (tertiary/aromatic N) is 2. The molecule has 21 heavy (non-hydrogen) atoms. The second-order valence-electron chi connectivity index (χ2n) is 4.63. The minimum Gasteiger partial charge on any atom is -0.481 e. The van der Waals surface area contributed by atoms with E-state index in [1.54, 1.807) is 17.0 Å². The van der Waals surface area contributed by atoms with E-state index < -0.39 is 5.97 Å². The molecule has 1 aromatic rings. The van der Waals surface area contributed by atoms with Crippen LogP contribution >= 0.6 is 0 Å². The summed E-state index contributed by atoms with van der Waals surface area (Å²) in [6.45, 7) is 1.24. The summed E-state index contributed by atoms with van der Waals surface area (Å²) in [7, 11) is 0. The van der Waals surface area contributed by atoms with Crippen LogP contribution < -0.4 is 10.6 Å². The SMILES string of the molecule is O=C(O)Cc1ccc(NC(=O)N2CCNC(=O)CC2)cn1. The van der Waals surface area contributed by atoms with Crippen molar-refractivity contribution < 1.29 is 19.5 Å². The molecule has 1 aromatic heterocycles. The van der Waals surface area contributed by atoms with Gasteiger partial charge in [0.2, 0.25) is 5.91 Å². The van der Waals surface area contributed by atoms with Gasteiger partial charge in [0.25, 0.3) is 0 Å². The van der Waals surface area contributed by atoms with Crippen LogP contribution in [0.5, 0.6) is 0 Å². The van der Waals surface area contributed by atoms with Gasteiger partial charge in [-0.05, 0) is 12.1 Å². The van der Waals surface area contributed by atoms with E-state index >= 15 is 0 Å². The van der Waals surface area contributed by atoms with Gasteiger partial charge < -0.3 is 20.6 Å². The summed E-state index contributed by atoms with van der Waals surface area (Å²) in [6, 6.07) is 2.85. The first-order valence-corrected chi connectivity index (χ1v) is 6.54. The quantitative estimate of drug-likeness (QED) is 0.729. The van der Waals surface area contributed by atoms with Gasteiger partial charge in [-0.3, -0.25) is 14.6 Å². The number of urea groups is 1. The first kappa shape index (κ1) is 14.8. The molecule has 3 amide bonds. The molecule has 2 heterocycles. The fourth-order valence-electron chi connectivity index (χ4n) is 1.93. The summed E-state index contributed by atoms with van der Waals surface area (Å²) in [4.78, 5) is 39.3. The van der Waals surface area contributed by atoms with Crippen LogP contribution in [0.4, 0.5) is 10.5 Å². The van der Waals surface area contributed by atoms with Crippen LogP contribution in [0.3, 0.4) is 0 Å². The summed E-state index contributed by atoms with van der Waals surface area (Å²) in [5, 5.41) is 14.0. The lowest BCUT2D eigenvalue weighted by atomic mass is 10.2. The Morgan fingerprint density at radius 3 is 2.86 bits per heavy atom. The molecular formula is C13H16N4O4. The van der Waals surface area contributed by atoms with Gasteiger partial charge in [-0.2, -0.15) is 0 Å². The molecule has 8 heteroatoms. The van der Waals surface area contributed by atoms with Crippen molar-refractivity contribution in [3.8, 4) is 0 Å². The third-order valence-electron chi connectivity index (χ3n) is 3.01. The number of hydrogen-bond donors (Lipinski definition) is 3. The molecule has 1 aliphatic heterocycles. The van der Waals surface area contributed by atoms with Crippen LogP contribution in [-0.2, 0) is 16.0 Å². The van der Waals surface area contributed by atoms with Crippen LogP contribution in [0.1, 0.15) is 12.1 Å². The maximum Gasteiger partial charge on any atom is 0.321 e. The summed E-state index contributed by atoms with van der Waals surface area (Å²) >= 11 is 0. The Kier molecular flexibility index (Phi) is 4.70. The standard InChI is InChI=1S/C13H16N4O4/c18-11-3-5-17(6-4-14-11)13(21)16-10-2-1-9(15-8-10)7-12(19)20/h1-2,8H,3-7H2,(H,14,18)(H,16,21)(H,19,20). The van der Waals surface area contributed by atoms with Crippen molar-refractivity contribution in [2.75, 3.05) is 25.0 Å². The molecule has 0 bridgehead atoms. The minimum atomic E-state index is -0.957. The predicted octanol–water partition coefficient (Wildman–Crippen LogP) is 0.0625. The first-order chi connectivity index (χ1) is 10.0. The summed E-state index contributed by atoms with van der Waals surface area (Å²) in [5.74, 6) is -1.02. The van der Waals surface area contributed by atoms with E-state index in [0.717, 1.165) is 0 Å². The van der Waals surface area contributed by atoms with E-state index in [1.165, 1.54) is 6.20 Å². The second-order valence-corrected chi connectivity index (χ2v) is 4.63. The molecule has 0 saturated carbocycles. The van der Waals surface area contributed by atoms with Gasteiger partial charge in [-0.25, -0.2) is 4.79 Å². The van der Waals surface area contributed by atoms with Crippen molar-refractivity contribution >= 4 is 23.6 Å². The van der Waals surface area contributed by atoms with Gasteiger partial charge in [0.1, 0.15) is 0 Å². The Morgan fingerprint density at radius 1 is 1.38 bits per heavy atom. The molecule has 1 fully saturated rings. The number of nitrogens with one attached hydrogen (secondary N) is 2. The van der Waals surface area contributed by atoms with E-state index in [-0.39, 0.29) is 24.8 Å². The van der Waals surface area contributed by atoms with Crippen molar-refractivity contribution in [2.45, 2.75) is 12.8 Å². The minimum absolute atomic E-state index is 0.0648. The Hall–Kier alpha value is -2.64. The molecule has 0 spiro atoms. The number of anilines is 1. The smallest absolute Gasteiger partial charge is 0.321 e. The molecule has 1 saturated heterocycles. The van der Waals surface area contributed by atoms with Crippen LogP contribution in [0.25, 0.3) is 0 Å². The van der Waals surface area contributed by atoms with Gasteiger partial charge in [-0.1, -0.05) is 0 Å². The van der Waals surface area contributed by atoms with E-state index in [0.29, 0.717) is 31.0 Å². The maximum atomic E-state index is 12.0. The highest BCUT2D eigenvalue weighted by molar-refractivity contribution is 5.89. The molecule has 3 N–H and O–H groups in total. The molecule has 0 unspecified atom stereocenters. The zero-order chi connectivity index (χ0) is 15.2. The zero-order valence-electron chi connectivity index (χ0n) is 11.3. The number of hydrogen-bond acceptors (Lipinski definition) is 4. The number of aromatic nitrogens is 1. The van der Waals surface area contributed by atoms with E-state index in [9.17, 15) is 14.4 Å². The van der Waals surface area contributed by atoms with Crippen LogP contribution in [0, 0.1) is 0 Å². The van der Waals surface area contributed by atoms with Gasteiger partial charge in [0.15, 0.2) is 0 Å². The lowest BCUT2D eigenvalue weighted by molar-refractivity contribution is -0.136. The molecule has 1 aliphatic rings. The van der Waals surface area contributed by atoms with Crippen LogP contribution in [-0.4, -0.2) is 52.5 Å². The average molecular weight is 292 g/mol. The zero-order valence-corrected chi connectivity index (χ0v) is 11.3. The molecule has 112 valence electrons. The third kappa shape index (κ3) is 4.44. The lowest BCUT2D eigenvalue weighted by Gasteiger charge is -2.19. The first-order valence-electron chi connectivity index (χ1n) is 6.54. The summed E-state index contributed by atoms with van der Waals surface area (Å²) < 4.78 is 0. The van der Waals surface area contributed by atoms with Gasteiger partial charge in [-0.15, -0.1) is 0 Å². The number of aliphatic carboxylic acids is 1.